The van der Waals surface area contributed by atoms with E-state index in [-0.39, 0.29) is 11.0 Å². The number of aliphatic hydroxyl groups is 1. The minimum atomic E-state index is -1.38. The number of benzene rings is 1. The second-order valence-corrected chi connectivity index (χ2v) is 5.89. The molecule has 0 amide bonds. The van der Waals surface area contributed by atoms with Crippen LogP contribution in [0.25, 0.3) is 0 Å². The predicted octanol–water partition coefficient (Wildman–Crippen LogP) is 3.08. The molecule has 0 aliphatic carbocycles. The molecule has 0 radical (unpaired) electrons. The smallest absolute Gasteiger partial charge is 0.132 e. The van der Waals surface area contributed by atoms with Crippen LogP contribution in [0, 0.1) is 11.6 Å². The van der Waals surface area contributed by atoms with Crippen molar-refractivity contribution < 1.29 is 13.9 Å². The maximum Gasteiger partial charge on any atom is 0.132 e. The van der Waals surface area contributed by atoms with Gasteiger partial charge in [-0.25, -0.2) is 8.78 Å². The molecule has 2 rings (SSSR count). The molecular weight excluding hydrogens is 262 g/mol. The first-order valence-corrected chi connectivity index (χ1v) is 6.38. The number of aromatic nitrogens is 2. The highest BCUT2D eigenvalue weighted by Gasteiger charge is 2.29. The van der Waals surface area contributed by atoms with Crippen molar-refractivity contribution in [3.05, 3.63) is 52.9 Å². The molecule has 2 aromatic rings. The van der Waals surface area contributed by atoms with Crippen LogP contribution in [0.1, 0.15) is 43.7 Å². The molecule has 1 aromatic carbocycles. The third kappa shape index (κ3) is 2.58. The van der Waals surface area contributed by atoms with Crippen LogP contribution in [0.5, 0.6) is 0 Å². The number of nitrogens with zero attached hydrogens (tertiary/aromatic N) is 2. The highest BCUT2D eigenvalue weighted by molar-refractivity contribution is 5.35. The van der Waals surface area contributed by atoms with Crippen molar-refractivity contribution in [1.82, 2.24) is 9.78 Å². The van der Waals surface area contributed by atoms with E-state index in [1.165, 1.54) is 10.7 Å². The fourth-order valence-corrected chi connectivity index (χ4v) is 2.22. The standard InChI is InChI=1S/C15H18F2N2O/c1-15(2,3)14-9(8-19(4)18-14)13(20)12-10(16)6-5-7-11(12)17/h5-8,13,20H,1-4H3. The van der Waals surface area contributed by atoms with E-state index in [0.717, 1.165) is 12.1 Å². The highest BCUT2D eigenvalue weighted by atomic mass is 19.1. The summed E-state index contributed by atoms with van der Waals surface area (Å²) in [6.07, 6.45) is 0.219. The van der Waals surface area contributed by atoms with Gasteiger partial charge in [0.05, 0.1) is 11.3 Å². The minimum absolute atomic E-state index is 0.334. The third-order valence-corrected chi connectivity index (χ3v) is 3.14. The summed E-state index contributed by atoms with van der Waals surface area (Å²) in [6, 6.07) is 3.54. The molecule has 0 saturated heterocycles. The summed E-state index contributed by atoms with van der Waals surface area (Å²) in [5, 5.41) is 14.7. The van der Waals surface area contributed by atoms with Gasteiger partial charge in [-0.05, 0) is 12.1 Å². The second-order valence-electron chi connectivity index (χ2n) is 5.89. The quantitative estimate of drug-likeness (QED) is 0.918. The van der Waals surface area contributed by atoms with Crippen molar-refractivity contribution in [2.75, 3.05) is 0 Å². The van der Waals surface area contributed by atoms with E-state index >= 15 is 0 Å². The number of aryl methyl sites for hydroxylation is 1. The van der Waals surface area contributed by atoms with Crippen LogP contribution in [0.2, 0.25) is 0 Å². The van der Waals surface area contributed by atoms with E-state index in [9.17, 15) is 13.9 Å². The monoisotopic (exact) mass is 280 g/mol. The Morgan fingerprint density at radius 1 is 1.20 bits per heavy atom. The topological polar surface area (TPSA) is 38.0 Å². The van der Waals surface area contributed by atoms with Crippen molar-refractivity contribution in [3.63, 3.8) is 0 Å². The maximum absolute atomic E-state index is 13.8. The van der Waals surface area contributed by atoms with Crippen LogP contribution >= 0.6 is 0 Å². The van der Waals surface area contributed by atoms with E-state index in [4.69, 9.17) is 0 Å². The Labute approximate surface area is 116 Å². The van der Waals surface area contributed by atoms with Crippen molar-refractivity contribution in [1.29, 1.82) is 0 Å². The molecule has 1 heterocycles. The third-order valence-electron chi connectivity index (χ3n) is 3.14. The van der Waals surface area contributed by atoms with E-state index in [1.807, 2.05) is 20.8 Å². The minimum Gasteiger partial charge on any atom is -0.383 e. The molecule has 0 aliphatic rings. The zero-order valence-electron chi connectivity index (χ0n) is 12.0. The van der Waals surface area contributed by atoms with Crippen LogP contribution in [-0.4, -0.2) is 14.9 Å². The zero-order valence-corrected chi connectivity index (χ0v) is 12.0. The Kier molecular flexibility index (Phi) is 3.65. The number of aliphatic hydroxyl groups excluding tert-OH is 1. The molecule has 5 heteroatoms. The molecule has 1 unspecified atom stereocenters. The van der Waals surface area contributed by atoms with E-state index < -0.39 is 17.7 Å². The van der Waals surface area contributed by atoms with Crippen molar-refractivity contribution in [2.24, 2.45) is 7.05 Å². The summed E-state index contributed by atoms with van der Waals surface area (Å²) in [6.45, 7) is 5.80. The first-order chi connectivity index (χ1) is 9.21. The summed E-state index contributed by atoms with van der Waals surface area (Å²) in [5.41, 5.74) is 0.365. The van der Waals surface area contributed by atoms with Gasteiger partial charge in [0.15, 0.2) is 0 Å². The SMILES string of the molecule is Cn1cc(C(O)c2c(F)cccc2F)c(C(C)(C)C)n1. The van der Waals surface area contributed by atoms with Crippen LogP contribution < -0.4 is 0 Å². The van der Waals surface area contributed by atoms with Crippen LogP contribution in [-0.2, 0) is 12.5 Å². The summed E-state index contributed by atoms with van der Waals surface area (Å²) in [5.74, 6) is -1.53. The summed E-state index contributed by atoms with van der Waals surface area (Å²) >= 11 is 0. The fourth-order valence-electron chi connectivity index (χ4n) is 2.22. The Bertz CT molecular complexity index is 609. The van der Waals surface area contributed by atoms with Gasteiger partial charge in [0.2, 0.25) is 0 Å². The summed E-state index contributed by atoms with van der Waals surface area (Å²) in [4.78, 5) is 0. The van der Waals surface area contributed by atoms with Gasteiger partial charge in [-0.15, -0.1) is 0 Å². The molecular formula is C15H18F2N2O. The second kappa shape index (κ2) is 4.98. The van der Waals surface area contributed by atoms with Gasteiger partial charge in [0, 0.05) is 24.2 Å². The van der Waals surface area contributed by atoms with Crippen LogP contribution in [0.3, 0.4) is 0 Å². The average Bonchev–Trinajstić information content (AvgIpc) is 2.70. The lowest BCUT2D eigenvalue weighted by molar-refractivity contribution is 0.206. The zero-order chi connectivity index (χ0) is 15.1. The van der Waals surface area contributed by atoms with Crippen molar-refractivity contribution in [2.45, 2.75) is 32.3 Å². The molecule has 0 aliphatic heterocycles. The van der Waals surface area contributed by atoms with E-state index in [1.54, 1.807) is 13.2 Å². The lowest BCUT2D eigenvalue weighted by Gasteiger charge is -2.20. The Morgan fingerprint density at radius 2 is 1.75 bits per heavy atom. The highest BCUT2D eigenvalue weighted by Crippen LogP contribution is 2.33. The van der Waals surface area contributed by atoms with E-state index in [0.29, 0.717) is 11.3 Å². The van der Waals surface area contributed by atoms with Gasteiger partial charge >= 0.3 is 0 Å². The fraction of sp³-hybridized carbons (Fsp3) is 0.400. The van der Waals surface area contributed by atoms with Gasteiger partial charge in [-0.3, -0.25) is 4.68 Å². The number of hydrogen-bond donors (Lipinski definition) is 1. The van der Waals surface area contributed by atoms with Gasteiger partial charge in [0.1, 0.15) is 17.7 Å². The predicted molar refractivity (Wildman–Crippen MR) is 72.3 cm³/mol. The van der Waals surface area contributed by atoms with Gasteiger partial charge in [-0.2, -0.15) is 5.10 Å². The molecule has 1 aromatic heterocycles. The van der Waals surface area contributed by atoms with Crippen molar-refractivity contribution in [3.8, 4) is 0 Å². The lowest BCUT2D eigenvalue weighted by atomic mass is 9.86. The van der Waals surface area contributed by atoms with Gasteiger partial charge in [0.25, 0.3) is 0 Å². The van der Waals surface area contributed by atoms with Gasteiger partial charge < -0.3 is 5.11 Å². The molecule has 1 N–H and O–H groups in total. The number of halogens is 2. The summed E-state index contributed by atoms with van der Waals surface area (Å²) < 4.78 is 29.1. The van der Waals surface area contributed by atoms with E-state index in [2.05, 4.69) is 5.10 Å². The Hall–Kier alpha value is -1.75. The van der Waals surface area contributed by atoms with Crippen LogP contribution in [0.15, 0.2) is 24.4 Å². The average molecular weight is 280 g/mol. The van der Waals surface area contributed by atoms with Gasteiger partial charge in [-0.1, -0.05) is 26.8 Å². The number of rotatable bonds is 2. The number of hydrogen-bond acceptors (Lipinski definition) is 2. The molecule has 0 spiro atoms. The maximum atomic E-state index is 13.8. The Morgan fingerprint density at radius 3 is 2.25 bits per heavy atom. The normalized spacial score (nSPS) is 13.6. The largest absolute Gasteiger partial charge is 0.383 e. The molecule has 0 saturated carbocycles. The Balaban J connectivity index is 2.57. The lowest BCUT2D eigenvalue weighted by Crippen LogP contribution is -2.17. The molecule has 108 valence electrons. The molecule has 1 atom stereocenters. The molecule has 0 fully saturated rings. The first-order valence-electron chi connectivity index (χ1n) is 6.38. The van der Waals surface area contributed by atoms with Crippen LogP contribution in [0.4, 0.5) is 8.78 Å². The summed E-state index contributed by atoms with van der Waals surface area (Å²) in [7, 11) is 1.71. The molecule has 20 heavy (non-hydrogen) atoms. The first kappa shape index (κ1) is 14.7. The van der Waals surface area contributed by atoms with Crippen molar-refractivity contribution >= 4 is 0 Å². The molecule has 3 nitrogen and oxygen atoms in total. The molecule has 0 bridgehead atoms.